The second-order valence-corrected chi connectivity index (χ2v) is 8.18. The first kappa shape index (κ1) is 20.7. The average Bonchev–Trinajstić information content (AvgIpc) is 2.73. The van der Waals surface area contributed by atoms with Gasteiger partial charge in [-0.05, 0) is 68.9 Å². The van der Waals surface area contributed by atoms with Gasteiger partial charge in [0, 0.05) is 11.6 Å². The Morgan fingerprint density at radius 2 is 1.75 bits per heavy atom. The average molecular weight is 377 g/mol. The van der Waals surface area contributed by atoms with Crippen LogP contribution in [0.2, 0.25) is 0 Å². The molecule has 0 bridgehead atoms. The van der Waals surface area contributed by atoms with Gasteiger partial charge in [0.2, 0.25) is 0 Å². The van der Waals surface area contributed by atoms with Crippen LogP contribution in [0.25, 0.3) is 0 Å². The van der Waals surface area contributed by atoms with Crippen molar-refractivity contribution in [3.8, 4) is 0 Å². The first-order valence-electron chi connectivity index (χ1n) is 10.9. The smallest absolute Gasteiger partial charge is 0.0767 e. The van der Waals surface area contributed by atoms with Crippen LogP contribution >= 0.6 is 0 Å². The van der Waals surface area contributed by atoms with E-state index in [4.69, 9.17) is 0 Å². The molecule has 2 aromatic rings. The van der Waals surface area contributed by atoms with Crippen molar-refractivity contribution in [2.45, 2.75) is 52.5 Å². The lowest BCUT2D eigenvalue weighted by Gasteiger charge is -2.34. The zero-order valence-corrected chi connectivity index (χ0v) is 17.9. The molecule has 1 fully saturated rings. The lowest BCUT2D eigenvalue weighted by Crippen LogP contribution is -2.37. The Hall–Kier alpha value is -2.06. The fraction of sp³-hybridized carbons (Fsp3) is 0.462. The molecule has 1 heterocycles. The summed E-state index contributed by atoms with van der Waals surface area (Å²) in [5, 5.41) is 3.85. The zero-order chi connectivity index (χ0) is 19.9. The highest BCUT2D eigenvalue weighted by Crippen LogP contribution is 2.30. The summed E-state index contributed by atoms with van der Waals surface area (Å²) in [5.74, 6) is 0.565. The van der Waals surface area contributed by atoms with E-state index in [0.29, 0.717) is 5.92 Å². The molecule has 150 valence electrons. The van der Waals surface area contributed by atoms with Crippen molar-refractivity contribution in [3.63, 3.8) is 0 Å². The van der Waals surface area contributed by atoms with Gasteiger partial charge in [-0.3, -0.25) is 0 Å². The summed E-state index contributed by atoms with van der Waals surface area (Å²) >= 11 is 0. The minimum Gasteiger partial charge on any atom is -0.378 e. The third-order valence-electron chi connectivity index (χ3n) is 6.11. The maximum atomic E-state index is 4.48. The Labute approximate surface area is 171 Å². The Balaban J connectivity index is 1.80. The first-order chi connectivity index (χ1) is 13.6. The van der Waals surface area contributed by atoms with Crippen LogP contribution in [0.3, 0.4) is 0 Å². The number of likely N-dealkylation sites (tertiary alicyclic amines) is 1. The van der Waals surface area contributed by atoms with Gasteiger partial charge in [0.1, 0.15) is 0 Å². The molecule has 0 radical (unpaired) electrons. The summed E-state index contributed by atoms with van der Waals surface area (Å²) in [6.45, 7) is 14.8. The lowest BCUT2D eigenvalue weighted by molar-refractivity contribution is 0.195. The number of hydrogen-bond acceptors (Lipinski definition) is 2. The second kappa shape index (κ2) is 9.93. The summed E-state index contributed by atoms with van der Waals surface area (Å²) in [5.41, 5.74) is 6.60. The van der Waals surface area contributed by atoms with E-state index in [1.165, 1.54) is 66.8 Å². The molecule has 0 aromatic heterocycles. The van der Waals surface area contributed by atoms with E-state index in [0.717, 1.165) is 6.42 Å². The summed E-state index contributed by atoms with van der Waals surface area (Å²) in [6.07, 6.45) is 4.71. The van der Waals surface area contributed by atoms with Crippen molar-refractivity contribution in [3.05, 3.63) is 83.1 Å². The zero-order valence-electron chi connectivity index (χ0n) is 17.9. The van der Waals surface area contributed by atoms with Crippen LogP contribution in [-0.2, 0) is 6.42 Å². The molecule has 1 saturated heterocycles. The molecule has 0 aliphatic carbocycles. The monoisotopic (exact) mass is 376 g/mol. The molecule has 1 atom stereocenters. The van der Waals surface area contributed by atoms with Crippen LogP contribution < -0.4 is 5.32 Å². The van der Waals surface area contributed by atoms with E-state index >= 15 is 0 Å². The maximum Gasteiger partial charge on any atom is 0.0767 e. The first-order valence-corrected chi connectivity index (χ1v) is 10.9. The number of allylic oxidation sites excluding steroid dienone is 1. The third kappa shape index (κ3) is 5.05. The molecular formula is C26H36N2. The second-order valence-electron chi connectivity index (χ2n) is 8.18. The number of nitrogens with zero attached hydrogens (tertiary/aromatic N) is 1. The Kier molecular flexibility index (Phi) is 7.33. The number of nitrogens with one attached hydrogen (secondary N) is 1. The van der Waals surface area contributed by atoms with Gasteiger partial charge < -0.3 is 10.2 Å². The third-order valence-corrected chi connectivity index (χ3v) is 6.11. The van der Waals surface area contributed by atoms with Crippen LogP contribution in [0.5, 0.6) is 0 Å². The van der Waals surface area contributed by atoms with Crippen LogP contribution in [0, 0.1) is 12.8 Å². The van der Waals surface area contributed by atoms with E-state index in [-0.39, 0.29) is 6.04 Å². The standard InChI is InChI=1S/C26H36N2/c1-5-17-28-18-15-23(16-19-28)21(4)27-26(24-13-11-20(3)12-14-24)25-10-8-7-9-22(25)6-2/h7-14,23,26-27H,4-6,15-19H2,1-3H3. The van der Waals surface area contributed by atoms with Crippen LogP contribution in [0.15, 0.2) is 60.8 Å². The van der Waals surface area contributed by atoms with Crippen molar-refractivity contribution < 1.29 is 0 Å². The number of rotatable bonds is 8. The molecular weight excluding hydrogens is 340 g/mol. The highest BCUT2D eigenvalue weighted by molar-refractivity contribution is 5.39. The number of aryl methyl sites for hydroxylation is 2. The fourth-order valence-corrected chi connectivity index (χ4v) is 4.36. The van der Waals surface area contributed by atoms with Gasteiger partial charge >= 0.3 is 0 Å². The van der Waals surface area contributed by atoms with Crippen molar-refractivity contribution in [1.82, 2.24) is 10.2 Å². The van der Waals surface area contributed by atoms with E-state index in [9.17, 15) is 0 Å². The van der Waals surface area contributed by atoms with Gasteiger partial charge in [0.25, 0.3) is 0 Å². The van der Waals surface area contributed by atoms with Gasteiger partial charge in [0.15, 0.2) is 0 Å². The largest absolute Gasteiger partial charge is 0.378 e. The van der Waals surface area contributed by atoms with Gasteiger partial charge in [-0.2, -0.15) is 0 Å². The van der Waals surface area contributed by atoms with Gasteiger partial charge in [0.05, 0.1) is 6.04 Å². The van der Waals surface area contributed by atoms with E-state index in [2.05, 4.69) is 86.1 Å². The maximum absolute atomic E-state index is 4.48. The molecule has 1 aliphatic heterocycles. The van der Waals surface area contributed by atoms with E-state index in [1.54, 1.807) is 0 Å². The minimum atomic E-state index is 0.165. The number of hydrogen-bond donors (Lipinski definition) is 1. The highest BCUT2D eigenvalue weighted by Gasteiger charge is 2.24. The molecule has 1 N–H and O–H groups in total. The summed E-state index contributed by atoms with van der Waals surface area (Å²) in [7, 11) is 0. The predicted molar refractivity (Wildman–Crippen MR) is 121 cm³/mol. The molecule has 2 nitrogen and oxygen atoms in total. The van der Waals surface area contributed by atoms with Gasteiger partial charge in [-0.1, -0.05) is 74.5 Å². The normalized spacial score (nSPS) is 16.7. The van der Waals surface area contributed by atoms with Crippen LogP contribution in [0.4, 0.5) is 0 Å². The molecule has 1 unspecified atom stereocenters. The molecule has 0 amide bonds. The summed E-state index contributed by atoms with van der Waals surface area (Å²) in [6, 6.07) is 17.9. The molecule has 0 spiro atoms. The Bertz CT molecular complexity index is 754. The minimum absolute atomic E-state index is 0.165. The number of benzene rings is 2. The Morgan fingerprint density at radius 3 is 2.39 bits per heavy atom. The molecule has 1 aliphatic rings. The van der Waals surface area contributed by atoms with Gasteiger partial charge in [-0.25, -0.2) is 0 Å². The van der Waals surface area contributed by atoms with Gasteiger partial charge in [-0.15, -0.1) is 0 Å². The molecule has 0 saturated carbocycles. The van der Waals surface area contributed by atoms with E-state index < -0.39 is 0 Å². The molecule has 28 heavy (non-hydrogen) atoms. The Morgan fingerprint density at radius 1 is 1.07 bits per heavy atom. The van der Waals surface area contributed by atoms with Crippen molar-refractivity contribution in [2.24, 2.45) is 5.92 Å². The highest BCUT2D eigenvalue weighted by atomic mass is 15.1. The lowest BCUT2D eigenvalue weighted by atomic mass is 9.89. The SMILES string of the molecule is C=C(NC(c1ccc(C)cc1)c1ccccc1CC)C1CCN(CCC)CC1. The topological polar surface area (TPSA) is 15.3 Å². The fourth-order valence-electron chi connectivity index (χ4n) is 4.36. The van der Waals surface area contributed by atoms with Crippen LogP contribution in [0.1, 0.15) is 61.4 Å². The predicted octanol–water partition coefficient (Wildman–Crippen LogP) is 5.87. The molecule has 2 heteroatoms. The van der Waals surface area contributed by atoms with Crippen LogP contribution in [-0.4, -0.2) is 24.5 Å². The number of piperidine rings is 1. The summed E-state index contributed by atoms with van der Waals surface area (Å²) in [4.78, 5) is 2.59. The molecule has 2 aromatic carbocycles. The van der Waals surface area contributed by atoms with E-state index in [1.807, 2.05) is 0 Å². The van der Waals surface area contributed by atoms with Crippen molar-refractivity contribution in [2.75, 3.05) is 19.6 Å². The van der Waals surface area contributed by atoms with Crippen molar-refractivity contribution >= 4 is 0 Å². The van der Waals surface area contributed by atoms with Crippen molar-refractivity contribution in [1.29, 1.82) is 0 Å². The quantitative estimate of drug-likeness (QED) is 0.619. The summed E-state index contributed by atoms with van der Waals surface area (Å²) < 4.78 is 0. The molecule has 3 rings (SSSR count).